The highest BCUT2D eigenvalue weighted by molar-refractivity contribution is 9.10. The summed E-state index contributed by atoms with van der Waals surface area (Å²) in [6, 6.07) is 4.68. The third-order valence-corrected chi connectivity index (χ3v) is 3.08. The van der Waals surface area contributed by atoms with E-state index >= 15 is 0 Å². The van der Waals surface area contributed by atoms with Gasteiger partial charge in [0.15, 0.2) is 0 Å². The molecule has 2 rings (SSSR count). The van der Waals surface area contributed by atoms with Gasteiger partial charge in [0.2, 0.25) is 0 Å². The number of nitrogens with zero attached hydrogens (tertiary/aromatic N) is 1. The molecule has 0 saturated heterocycles. The van der Waals surface area contributed by atoms with Gasteiger partial charge in [0.05, 0.1) is 15.7 Å². The molecule has 0 bridgehead atoms. The molecule has 0 saturated carbocycles. The summed E-state index contributed by atoms with van der Waals surface area (Å²) in [6.07, 6.45) is 1.24. The van der Waals surface area contributed by atoms with Crippen LogP contribution in [0.5, 0.6) is 0 Å². The van der Waals surface area contributed by atoms with Crippen molar-refractivity contribution in [3.63, 3.8) is 0 Å². The Hall–Kier alpha value is -1.53. The number of carbonyl (C=O) groups is 1. The lowest BCUT2D eigenvalue weighted by molar-refractivity contribution is 0.102. The zero-order valence-electron chi connectivity index (χ0n) is 9.25. The molecule has 2 aromatic rings. The van der Waals surface area contributed by atoms with Crippen LogP contribution in [0, 0.1) is 11.6 Å². The van der Waals surface area contributed by atoms with Gasteiger partial charge in [0.1, 0.15) is 16.8 Å². The molecule has 0 radical (unpaired) electrons. The lowest BCUT2D eigenvalue weighted by Crippen LogP contribution is -2.13. The minimum atomic E-state index is -0.747. The Morgan fingerprint density at radius 2 is 2.00 bits per heavy atom. The number of halogens is 4. The second kappa shape index (κ2) is 5.63. The van der Waals surface area contributed by atoms with Gasteiger partial charge < -0.3 is 5.32 Å². The number of nitrogens with one attached hydrogen (secondary N) is 1. The quantitative estimate of drug-likeness (QED) is 0.658. The number of aromatic nitrogens is 1. The Bertz CT molecular complexity index is 634. The second-order valence-corrected chi connectivity index (χ2v) is 4.81. The fraction of sp³-hybridized carbons (Fsp3) is 0. The molecule has 1 aromatic carbocycles. The van der Waals surface area contributed by atoms with Crippen molar-refractivity contribution in [1.82, 2.24) is 4.98 Å². The van der Waals surface area contributed by atoms with Crippen LogP contribution in [-0.2, 0) is 0 Å². The van der Waals surface area contributed by atoms with Crippen molar-refractivity contribution in [3.05, 3.63) is 57.3 Å². The number of amides is 1. The van der Waals surface area contributed by atoms with Crippen molar-refractivity contribution in [2.75, 3.05) is 5.32 Å². The lowest BCUT2D eigenvalue weighted by atomic mass is 10.2. The fourth-order valence-electron chi connectivity index (χ4n) is 1.32. The van der Waals surface area contributed by atoms with Gasteiger partial charge in [-0.05, 0) is 34.1 Å². The molecule has 98 valence electrons. The van der Waals surface area contributed by atoms with Crippen LogP contribution in [0.4, 0.5) is 14.5 Å². The first kappa shape index (κ1) is 13.9. The topological polar surface area (TPSA) is 42.0 Å². The van der Waals surface area contributed by atoms with E-state index in [9.17, 15) is 13.6 Å². The smallest absolute Gasteiger partial charge is 0.257 e. The van der Waals surface area contributed by atoms with Crippen LogP contribution in [0.25, 0.3) is 0 Å². The highest BCUT2D eigenvalue weighted by Gasteiger charge is 2.12. The molecule has 0 unspecified atom stereocenters. The first-order chi connectivity index (χ1) is 8.97. The predicted molar refractivity (Wildman–Crippen MR) is 71.3 cm³/mol. The summed E-state index contributed by atoms with van der Waals surface area (Å²) in [5, 5.41) is 2.49. The van der Waals surface area contributed by atoms with E-state index in [1.165, 1.54) is 18.3 Å². The molecule has 1 heterocycles. The molecule has 19 heavy (non-hydrogen) atoms. The summed E-state index contributed by atoms with van der Waals surface area (Å²) >= 11 is 8.43. The number of anilines is 1. The fourth-order valence-corrected chi connectivity index (χ4v) is 1.75. The van der Waals surface area contributed by atoms with E-state index in [4.69, 9.17) is 11.6 Å². The zero-order chi connectivity index (χ0) is 14.0. The van der Waals surface area contributed by atoms with Crippen LogP contribution in [0.15, 0.2) is 34.9 Å². The van der Waals surface area contributed by atoms with Crippen LogP contribution in [0.3, 0.4) is 0 Å². The number of rotatable bonds is 2. The van der Waals surface area contributed by atoms with Gasteiger partial charge in [-0.1, -0.05) is 11.6 Å². The molecule has 0 spiro atoms. The summed E-state index contributed by atoms with van der Waals surface area (Å²) in [6.45, 7) is 0. The molecule has 0 aliphatic heterocycles. The average Bonchev–Trinajstić information content (AvgIpc) is 2.36. The Kier molecular flexibility index (Phi) is 4.11. The van der Waals surface area contributed by atoms with E-state index < -0.39 is 17.5 Å². The third kappa shape index (κ3) is 3.27. The van der Waals surface area contributed by atoms with E-state index in [1.807, 2.05) is 0 Å². The van der Waals surface area contributed by atoms with Crippen LogP contribution in [0.1, 0.15) is 10.4 Å². The molecule has 0 aliphatic rings. The van der Waals surface area contributed by atoms with Gasteiger partial charge in [-0.15, -0.1) is 0 Å². The number of benzene rings is 1. The van der Waals surface area contributed by atoms with Crippen molar-refractivity contribution in [2.45, 2.75) is 0 Å². The van der Waals surface area contributed by atoms with E-state index in [1.54, 1.807) is 0 Å². The van der Waals surface area contributed by atoms with Crippen LogP contribution >= 0.6 is 27.5 Å². The summed E-state index contributed by atoms with van der Waals surface area (Å²) in [4.78, 5) is 15.5. The molecule has 1 N–H and O–H groups in total. The number of hydrogen-bond donors (Lipinski definition) is 1. The van der Waals surface area contributed by atoms with Gasteiger partial charge in [0, 0.05) is 12.3 Å². The standard InChI is InChI=1S/C12H6BrClF2N2O/c13-7-3-9(16)10(4-8(7)15)18-12(19)6-1-2-11(14)17-5-6/h1-5H,(H,18,19). The Morgan fingerprint density at radius 1 is 1.26 bits per heavy atom. The van der Waals surface area contributed by atoms with Crippen molar-refractivity contribution < 1.29 is 13.6 Å². The minimum Gasteiger partial charge on any atom is -0.319 e. The van der Waals surface area contributed by atoms with Gasteiger partial charge in [-0.3, -0.25) is 4.79 Å². The molecule has 0 atom stereocenters. The van der Waals surface area contributed by atoms with E-state index in [0.717, 1.165) is 12.1 Å². The summed E-state index contributed by atoms with van der Waals surface area (Å²) in [5.74, 6) is -2.03. The maximum absolute atomic E-state index is 13.5. The summed E-state index contributed by atoms with van der Waals surface area (Å²) < 4.78 is 26.8. The van der Waals surface area contributed by atoms with Crippen molar-refractivity contribution in [2.24, 2.45) is 0 Å². The highest BCUT2D eigenvalue weighted by Crippen LogP contribution is 2.23. The first-order valence-corrected chi connectivity index (χ1v) is 6.22. The Labute approximate surface area is 120 Å². The van der Waals surface area contributed by atoms with Crippen molar-refractivity contribution in [1.29, 1.82) is 0 Å². The minimum absolute atomic E-state index is 0.0174. The number of pyridine rings is 1. The maximum Gasteiger partial charge on any atom is 0.257 e. The molecule has 0 fully saturated rings. The molecular formula is C12H6BrClF2N2O. The molecule has 1 amide bonds. The highest BCUT2D eigenvalue weighted by atomic mass is 79.9. The lowest BCUT2D eigenvalue weighted by Gasteiger charge is -2.07. The molecule has 3 nitrogen and oxygen atoms in total. The number of hydrogen-bond acceptors (Lipinski definition) is 2. The number of carbonyl (C=O) groups excluding carboxylic acids is 1. The molecular weight excluding hydrogens is 341 g/mol. The van der Waals surface area contributed by atoms with E-state index in [2.05, 4.69) is 26.2 Å². The monoisotopic (exact) mass is 346 g/mol. The largest absolute Gasteiger partial charge is 0.319 e. The maximum atomic E-state index is 13.5. The van der Waals surface area contributed by atoms with Gasteiger partial charge in [0.25, 0.3) is 5.91 Å². The average molecular weight is 348 g/mol. The SMILES string of the molecule is O=C(Nc1cc(F)c(Br)cc1F)c1ccc(Cl)nc1. The van der Waals surface area contributed by atoms with Crippen molar-refractivity contribution in [3.8, 4) is 0 Å². The molecule has 0 aliphatic carbocycles. The third-order valence-electron chi connectivity index (χ3n) is 2.25. The summed E-state index contributed by atoms with van der Waals surface area (Å²) in [5.41, 5.74) is -0.0622. The Morgan fingerprint density at radius 3 is 2.63 bits per heavy atom. The normalized spacial score (nSPS) is 10.3. The van der Waals surface area contributed by atoms with Gasteiger partial charge in [-0.2, -0.15) is 0 Å². The van der Waals surface area contributed by atoms with E-state index in [-0.39, 0.29) is 20.9 Å². The van der Waals surface area contributed by atoms with Crippen LogP contribution in [0.2, 0.25) is 5.15 Å². The predicted octanol–water partition coefficient (Wildman–Crippen LogP) is 4.03. The van der Waals surface area contributed by atoms with Crippen molar-refractivity contribution >= 4 is 39.1 Å². The van der Waals surface area contributed by atoms with Crippen LogP contribution in [-0.4, -0.2) is 10.9 Å². The van der Waals surface area contributed by atoms with Crippen LogP contribution < -0.4 is 5.32 Å². The molecule has 1 aromatic heterocycles. The van der Waals surface area contributed by atoms with Gasteiger partial charge in [-0.25, -0.2) is 13.8 Å². The van der Waals surface area contributed by atoms with E-state index in [0.29, 0.717) is 0 Å². The molecule has 7 heteroatoms. The summed E-state index contributed by atoms with van der Waals surface area (Å²) in [7, 11) is 0. The second-order valence-electron chi connectivity index (χ2n) is 3.57. The van der Waals surface area contributed by atoms with Gasteiger partial charge >= 0.3 is 0 Å². The zero-order valence-corrected chi connectivity index (χ0v) is 11.6. The Balaban J connectivity index is 2.24. The first-order valence-electron chi connectivity index (χ1n) is 5.05.